The lowest BCUT2D eigenvalue weighted by Gasteiger charge is -2.27. The third-order valence-corrected chi connectivity index (χ3v) is 4.91. The summed E-state index contributed by atoms with van der Waals surface area (Å²) in [5.74, 6) is -0.749. The van der Waals surface area contributed by atoms with Gasteiger partial charge in [-0.2, -0.15) is 0 Å². The van der Waals surface area contributed by atoms with Crippen molar-refractivity contribution in [1.82, 2.24) is 10.3 Å². The predicted octanol–water partition coefficient (Wildman–Crippen LogP) is 2.28. The standard InChI is InChI=1S/C22H25N3O4/c1-22(20(23)27,12-16-13-24-19-10-6-5-9-18(16)19)29-21(28)25-17(14-26)11-15-7-3-2-4-8-15/h2-10,13,17,24,26H,11-12,14H2,1H3,(H2,23,27)(H,25,28). The van der Waals surface area contributed by atoms with Crippen molar-refractivity contribution in [2.45, 2.75) is 31.4 Å². The number of aromatic nitrogens is 1. The Morgan fingerprint density at radius 1 is 1.17 bits per heavy atom. The van der Waals surface area contributed by atoms with Crippen molar-refractivity contribution in [1.29, 1.82) is 0 Å². The Labute approximate surface area is 168 Å². The lowest BCUT2D eigenvalue weighted by Crippen LogP contribution is -2.50. The minimum atomic E-state index is -1.54. The number of fused-ring (bicyclic) bond motifs is 1. The van der Waals surface area contributed by atoms with E-state index in [2.05, 4.69) is 10.3 Å². The fraction of sp³-hybridized carbons (Fsp3) is 0.273. The van der Waals surface area contributed by atoms with Crippen LogP contribution in [0.4, 0.5) is 4.79 Å². The number of para-hydroxylation sites is 1. The van der Waals surface area contributed by atoms with E-state index in [0.29, 0.717) is 6.42 Å². The second-order valence-corrected chi connectivity index (χ2v) is 7.23. The number of rotatable bonds is 8. The van der Waals surface area contributed by atoms with Crippen molar-refractivity contribution in [2.75, 3.05) is 6.61 Å². The monoisotopic (exact) mass is 395 g/mol. The maximum Gasteiger partial charge on any atom is 0.408 e. The molecule has 0 aliphatic carbocycles. The zero-order valence-electron chi connectivity index (χ0n) is 16.2. The highest BCUT2D eigenvalue weighted by atomic mass is 16.6. The number of carbonyl (C=O) groups excluding carboxylic acids is 2. The van der Waals surface area contributed by atoms with Gasteiger partial charge < -0.3 is 25.9 Å². The molecule has 0 fully saturated rings. The second kappa shape index (κ2) is 8.79. The Hall–Kier alpha value is -3.32. The van der Waals surface area contributed by atoms with Crippen LogP contribution in [0.3, 0.4) is 0 Å². The second-order valence-electron chi connectivity index (χ2n) is 7.23. The molecule has 7 nitrogen and oxygen atoms in total. The minimum Gasteiger partial charge on any atom is -0.433 e. The summed E-state index contributed by atoms with van der Waals surface area (Å²) in [6.07, 6.45) is 1.53. The first-order chi connectivity index (χ1) is 13.9. The number of hydrogen-bond acceptors (Lipinski definition) is 4. The van der Waals surface area contributed by atoms with Crippen molar-refractivity contribution in [3.63, 3.8) is 0 Å². The van der Waals surface area contributed by atoms with E-state index < -0.39 is 23.6 Å². The molecule has 3 aromatic rings. The topological polar surface area (TPSA) is 117 Å². The van der Waals surface area contributed by atoms with Crippen molar-refractivity contribution in [3.8, 4) is 0 Å². The number of aliphatic hydroxyl groups excluding tert-OH is 1. The number of carbonyl (C=O) groups is 2. The zero-order valence-corrected chi connectivity index (χ0v) is 16.2. The molecule has 0 aliphatic heterocycles. The van der Waals surface area contributed by atoms with Gasteiger partial charge in [0, 0.05) is 23.5 Å². The summed E-state index contributed by atoms with van der Waals surface area (Å²) in [7, 11) is 0. The number of primary amides is 1. The van der Waals surface area contributed by atoms with Gasteiger partial charge in [0.1, 0.15) is 0 Å². The molecule has 152 valence electrons. The Kier molecular flexibility index (Phi) is 6.19. The van der Waals surface area contributed by atoms with Gasteiger partial charge >= 0.3 is 6.09 Å². The molecule has 0 saturated heterocycles. The van der Waals surface area contributed by atoms with Gasteiger partial charge in [0.2, 0.25) is 0 Å². The minimum absolute atomic E-state index is 0.127. The summed E-state index contributed by atoms with van der Waals surface area (Å²) in [5.41, 5.74) is 6.72. The largest absolute Gasteiger partial charge is 0.433 e. The maximum absolute atomic E-state index is 12.5. The van der Waals surface area contributed by atoms with Crippen LogP contribution in [-0.2, 0) is 22.4 Å². The maximum atomic E-state index is 12.5. The van der Waals surface area contributed by atoms with Gasteiger partial charge in [0.05, 0.1) is 12.6 Å². The van der Waals surface area contributed by atoms with E-state index in [1.54, 1.807) is 6.20 Å². The summed E-state index contributed by atoms with van der Waals surface area (Å²) in [6.45, 7) is 1.22. The molecule has 0 saturated carbocycles. The van der Waals surface area contributed by atoms with E-state index in [-0.39, 0.29) is 13.0 Å². The Bertz CT molecular complexity index is 986. The Balaban J connectivity index is 1.70. The highest BCUT2D eigenvalue weighted by Gasteiger charge is 2.37. The highest BCUT2D eigenvalue weighted by Crippen LogP contribution is 2.24. The van der Waals surface area contributed by atoms with E-state index in [1.165, 1.54) is 6.92 Å². The quantitative estimate of drug-likeness (QED) is 0.468. The predicted molar refractivity (Wildman–Crippen MR) is 110 cm³/mol. The average molecular weight is 395 g/mol. The van der Waals surface area contributed by atoms with Gasteiger partial charge in [-0.05, 0) is 30.5 Å². The van der Waals surface area contributed by atoms with E-state index in [0.717, 1.165) is 22.0 Å². The number of nitrogens with two attached hydrogens (primary N) is 1. The van der Waals surface area contributed by atoms with Crippen molar-refractivity contribution < 1.29 is 19.4 Å². The number of H-pyrrole nitrogens is 1. The number of ether oxygens (including phenoxy) is 1. The number of benzene rings is 2. The highest BCUT2D eigenvalue weighted by molar-refractivity contribution is 5.88. The first-order valence-corrected chi connectivity index (χ1v) is 9.40. The normalized spacial score (nSPS) is 14.1. The molecule has 1 heterocycles. The molecule has 2 unspecified atom stereocenters. The van der Waals surface area contributed by atoms with Gasteiger partial charge in [-0.25, -0.2) is 4.79 Å². The zero-order chi connectivity index (χ0) is 20.9. The van der Waals surface area contributed by atoms with Gasteiger partial charge in [0.25, 0.3) is 5.91 Å². The van der Waals surface area contributed by atoms with Crippen LogP contribution in [0.2, 0.25) is 0 Å². The molecule has 2 amide bonds. The van der Waals surface area contributed by atoms with Crippen molar-refractivity contribution in [3.05, 3.63) is 71.9 Å². The molecular weight excluding hydrogens is 370 g/mol. The van der Waals surface area contributed by atoms with E-state index in [9.17, 15) is 14.7 Å². The van der Waals surface area contributed by atoms with Gasteiger partial charge in [-0.1, -0.05) is 48.5 Å². The molecule has 2 atom stereocenters. The SMILES string of the molecule is CC(Cc1c[nH]c2ccccc12)(OC(=O)NC(CO)Cc1ccccc1)C(N)=O. The van der Waals surface area contributed by atoms with Crippen LogP contribution in [0.5, 0.6) is 0 Å². The lowest BCUT2D eigenvalue weighted by atomic mass is 9.95. The number of amides is 2. The molecule has 3 rings (SSSR count). The molecule has 0 bridgehead atoms. The first kappa shape index (κ1) is 20.4. The third-order valence-electron chi connectivity index (χ3n) is 4.91. The van der Waals surface area contributed by atoms with Gasteiger partial charge in [-0.15, -0.1) is 0 Å². The number of alkyl carbamates (subject to hydrolysis) is 1. The van der Waals surface area contributed by atoms with Crippen LogP contribution in [0, 0.1) is 0 Å². The van der Waals surface area contributed by atoms with Crippen LogP contribution in [0.25, 0.3) is 10.9 Å². The number of hydrogen-bond donors (Lipinski definition) is 4. The van der Waals surface area contributed by atoms with Crippen molar-refractivity contribution in [2.24, 2.45) is 5.73 Å². The molecule has 7 heteroatoms. The summed E-state index contributed by atoms with van der Waals surface area (Å²) in [5, 5.41) is 13.2. The third kappa shape index (κ3) is 4.94. The number of aromatic amines is 1. The molecule has 2 aromatic carbocycles. The molecular formula is C22H25N3O4. The average Bonchev–Trinajstić information content (AvgIpc) is 3.10. The summed E-state index contributed by atoms with van der Waals surface area (Å²) in [6, 6.07) is 16.6. The van der Waals surface area contributed by atoms with Crippen LogP contribution in [-0.4, -0.2) is 40.3 Å². The molecule has 5 N–H and O–H groups in total. The van der Waals surface area contributed by atoms with E-state index >= 15 is 0 Å². The van der Waals surface area contributed by atoms with Crippen LogP contribution < -0.4 is 11.1 Å². The molecule has 0 aliphatic rings. The summed E-state index contributed by atoms with van der Waals surface area (Å²) in [4.78, 5) is 27.7. The van der Waals surface area contributed by atoms with Gasteiger partial charge in [0.15, 0.2) is 5.60 Å². The van der Waals surface area contributed by atoms with E-state index in [4.69, 9.17) is 10.5 Å². The summed E-state index contributed by atoms with van der Waals surface area (Å²) < 4.78 is 5.44. The summed E-state index contributed by atoms with van der Waals surface area (Å²) >= 11 is 0. The van der Waals surface area contributed by atoms with Crippen molar-refractivity contribution >= 4 is 22.9 Å². The van der Waals surface area contributed by atoms with Crippen LogP contribution in [0.15, 0.2) is 60.8 Å². The number of aliphatic hydroxyl groups is 1. The number of nitrogens with one attached hydrogen (secondary N) is 2. The molecule has 0 radical (unpaired) electrons. The van der Waals surface area contributed by atoms with Gasteiger partial charge in [-0.3, -0.25) is 4.79 Å². The first-order valence-electron chi connectivity index (χ1n) is 9.40. The molecule has 1 aromatic heterocycles. The van der Waals surface area contributed by atoms with Crippen LogP contribution >= 0.6 is 0 Å². The lowest BCUT2D eigenvalue weighted by molar-refractivity contribution is -0.134. The molecule has 29 heavy (non-hydrogen) atoms. The smallest absolute Gasteiger partial charge is 0.408 e. The Morgan fingerprint density at radius 2 is 1.86 bits per heavy atom. The Morgan fingerprint density at radius 3 is 2.55 bits per heavy atom. The fourth-order valence-corrected chi connectivity index (χ4v) is 3.28. The molecule has 0 spiro atoms. The van der Waals surface area contributed by atoms with E-state index in [1.807, 2.05) is 54.6 Å². The fourth-order valence-electron chi connectivity index (χ4n) is 3.28. The van der Waals surface area contributed by atoms with Crippen LogP contribution in [0.1, 0.15) is 18.1 Å².